The first-order valence-electron chi connectivity index (χ1n) is 7.17. The van der Waals surface area contributed by atoms with Crippen molar-refractivity contribution >= 4 is 0 Å². The molecule has 0 spiro atoms. The van der Waals surface area contributed by atoms with Gasteiger partial charge in [0, 0.05) is 0 Å². The van der Waals surface area contributed by atoms with Crippen LogP contribution >= 0.6 is 0 Å². The van der Waals surface area contributed by atoms with E-state index < -0.39 is 0 Å². The summed E-state index contributed by atoms with van der Waals surface area (Å²) in [6, 6.07) is 15.3. The van der Waals surface area contributed by atoms with Crippen molar-refractivity contribution in [3.8, 4) is 22.6 Å². The van der Waals surface area contributed by atoms with E-state index in [1.54, 1.807) is 12.1 Å². The highest BCUT2D eigenvalue weighted by Crippen LogP contribution is 2.24. The average Bonchev–Trinajstić information content (AvgIpc) is 2.45. The van der Waals surface area contributed by atoms with Gasteiger partial charge in [0.15, 0.2) is 0 Å². The first-order valence-corrected chi connectivity index (χ1v) is 7.17. The second-order valence-corrected chi connectivity index (χ2v) is 5.46. The van der Waals surface area contributed by atoms with Gasteiger partial charge >= 0.3 is 0 Å². The zero-order valence-electron chi connectivity index (χ0n) is 12.2. The van der Waals surface area contributed by atoms with Crippen molar-refractivity contribution in [1.82, 2.24) is 0 Å². The Morgan fingerprint density at radius 3 is 2.00 bits per heavy atom. The maximum atomic E-state index is 9.29. The van der Waals surface area contributed by atoms with Gasteiger partial charge in [-0.15, -0.1) is 0 Å². The zero-order valence-corrected chi connectivity index (χ0v) is 12.2. The van der Waals surface area contributed by atoms with Gasteiger partial charge in [-0.2, -0.15) is 0 Å². The highest BCUT2D eigenvalue weighted by atomic mass is 16.5. The molecule has 0 atom stereocenters. The lowest BCUT2D eigenvalue weighted by Gasteiger charge is -2.08. The van der Waals surface area contributed by atoms with E-state index >= 15 is 0 Å². The Bertz CT molecular complexity index is 512. The van der Waals surface area contributed by atoms with E-state index in [1.165, 1.54) is 6.42 Å². The number of aromatic hydroxyl groups is 1. The van der Waals surface area contributed by atoms with Crippen LogP contribution in [-0.4, -0.2) is 11.7 Å². The van der Waals surface area contributed by atoms with Gasteiger partial charge in [0.2, 0.25) is 0 Å². The molecule has 0 bridgehead atoms. The Morgan fingerprint density at radius 2 is 1.45 bits per heavy atom. The molecule has 2 aromatic carbocycles. The van der Waals surface area contributed by atoms with Crippen LogP contribution < -0.4 is 4.74 Å². The topological polar surface area (TPSA) is 29.5 Å². The van der Waals surface area contributed by atoms with Crippen LogP contribution in [0.3, 0.4) is 0 Å². The number of benzene rings is 2. The maximum Gasteiger partial charge on any atom is 0.119 e. The van der Waals surface area contributed by atoms with Crippen LogP contribution in [0, 0.1) is 5.92 Å². The van der Waals surface area contributed by atoms with Crippen LogP contribution in [0.4, 0.5) is 0 Å². The van der Waals surface area contributed by atoms with Crippen LogP contribution in [0.2, 0.25) is 0 Å². The maximum absolute atomic E-state index is 9.29. The van der Waals surface area contributed by atoms with Crippen LogP contribution in [-0.2, 0) is 0 Å². The van der Waals surface area contributed by atoms with Gasteiger partial charge in [-0.1, -0.05) is 38.1 Å². The van der Waals surface area contributed by atoms with E-state index in [4.69, 9.17) is 4.74 Å². The summed E-state index contributed by atoms with van der Waals surface area (Å²) < 4.78 is 5.73. The van der Waals surface area contributed by atoms with Gasteiger partial charge in [0.25, 0.3) is 0 Å². The second-order valence-electron chi connectivity index (χ2n) is 5.46. The molecular weight excluding hydrogens is 248 g/mol. The third-order valence-electron chi connectivity index (χ3n) is 3.25. The predicted octanol–water partition coefficient (Wildman–Crippen LogP) is 4.87. The molecule has 2 rings (SSSR count). The van der Waals surface area contributed by atoms with Crippen molar-refractivity contribution in [1.29, 1.82) is 0 Å². The summed E-state index contributed by atoms with van der Waals surface area (Å²) in [7, 11) is 0. The fraction of sp³-hybridized carbons (Fsp3) is 0.333. The fourth-order valence-corrected chi connectivity index (χ4v) is 2.08. The smallest absolute Gasteiger partial charge is 0.119 e. The van der Waals surface area contributed by atoms with Gasteiger partial charge in [-0.3, -0.25) is 0 Å². The lowest BCUT2D eigenvalue weighted by atomic mass is 10.1. The minimum atomic E-state index is 0.291. The number of phenols is 1. The number of hydrogen-bond acceptors (Lipinski definition) is 2. The molecule has 2 aromatic rings. The molecule has 2 nitrogen and oxygen atoms in total. The summed E-state index contributed by atoms with van der Waals surface area (Å²) in [5.41, 5.74) is 2.22. The second kappa shape index (κ2) is 6.99. The summed E-state index contributed by atoms with van der Waals surface area (Å²) in [5, 5.41) is 9.29. The Morgan fingerprint density at radius 1 is 0.900 bits per heavy atom. The average molecular weight is 270 g/mol. The molecule has 1 N–H and O–H groups in total. The zero-order chi connectivity index (χ0) is 14.4. The standard InChI is InChI=1S/C18H22O2/c1-14(2)4-3-13-20-18-11-7-16(8-12-18)15-5-9-17(19)10-6-15/h5-12,14,19H,3-4,13H2,1-2H3. The van der Waals surface area contributed by atoms with Crippen LogP contribution in [0.15, 0.2) is 48.5 Å². The molecule has 0 amide bonds. The molecule has 0 aliphatic rings. The van der Waals surface area contributed by atoms with Crippen molar-refractivity contribution < 1.29 is 9.84 Å². The Labute approximate surface area is 121 Å². The van der Waals surface area contributed by atoms with Crippen LogP contribution in [0.25, 0.3) is 11.1 Å². The quantitative estimate of drug-likeness (QED) is 0.758. The number of rotatable bonds is 6. The molecule has 0 fully saturated rings. The minimum absolute atomic E-state index is 0.291. The molecule has 106 valence electrons. The Kier molecular flexibility index (Phi) is 5.05. The largest absolute Gasteiger partial charge is 0.508 e. The van der Waals surface area contributed by atoms with Gasteiger partial charge < -0.3 is 9.84 Å². The Balaban J connectivity index is 1.91. The van der Waals surface area contributed by atoms with E-state index in [9.17, 15) is 5.11 Å². The molecule has 0 saturated heterocycles. The lowest BCUT2D eigenvalue weighted by molar-refractivity contribution is 0.298. The highest BCUT2D eigenvalue weighted by Gasteiger charge is 2.00. The van der Waals surface area contributed by atoms with E-state index in [0.29, 0.717) is 5.75 Å². The third-order valence-corrected chi connectivity index (χ3v) is 3.25. The molecule has 20 heavy (non-hydrogen) atoms. The fourth-order valence-electron chi connectivity index (χ4n) is 2.08. The third kappa shape index (κ3) is 4.30. The van der Waals surface area contributed by atoms with Crippen molar-refractivity contribution in [2.75, 3.05) is 6.61 Å². The minimum Gasteiger partial charge on any atom is -0.508 e. The summed E-state index contributed by atoms with van der Waals surface area (Å²) >= 11 is 0. The molecule has 0 aliphatic carbocycles. The summed E-state index contributed by atoms with van der Waals surface area (Å²) in [5.74, 6) is 1.94. The molecule has 0 radical (unpaired) electrons. The van der Waals surface area contributed by atoms with E-state index in [0.717, 1.165) is 35.8 Å². The van der Waals surface area contributed by atoms with E-state index in [1.807, 2.05) is 36.4 Å². The highest BCUT2D eigenvalue weighted by molar-refractivity contribution is 5.64. The first kappa shape index (κ1) is 14.4. The van der Waals surface area contributed by atoms with Gasteiger partial charge in [0.1, 0.15) is 11.5 Å². The first-order chi connectivity index (χ1) is 9.65. The van der Waals surface area contributed by atoms with Crippen LogP contribution in [0.5, 0.6) is 11.5 Å². The van der Waals surface area contributed by atoms with Gasteiger partial charge in [0.05, 0.1) is 6.61 Å². The van der Waals surface area contributed by atoms with E-state index in [2.05, 4.69) is 13.8 Å². The molecular formula is C18H22O2. The van der Waals surface area contributed by atoms with E-state index in [-0.39, 0.29) is 0 Å². The molecule has 2 heteroatoms. The normalized spacial score (nSPS) is 10.8. The number of ether oxygens (including phenoxy) is 1. The molecule has 0 saturated carbocycles. The SMILES string of the molecule is CC(C)CCCOc1ccc(-c2ccc(O)cc2)cc1. The summed E-state index contributed by atoms with van der Waals surface area (Å²) in [6.45, 7) is 5.23. The number of phenolic OH excluding ortho intramolecular Hbond substituents is 1. The van der Waals surface area contributed by atoms with Crippen LogP contribution in [0.1, 0.15) is 26.7 Å². The van der Waals surface area contributed by atoms with Crippen molar-refractivity contribution in [2.45, 2.75) is 26.7 Å². The molecule has 0 aromatic heterocycles. The number of hydrogen-bond donors (Lipinski definition) is 1. The van der Waals surface area contributed by atoms with Gasteiger partial charge in [-0.25, -0.2) is 0 Å². The Hall–Kier alpha value is -1.96. The molecule has 0 heterocycles. The van der Waals surface area contributed by atoms with Crippen molar-refractivity contribution in [3.63, 3.8) is 0 Å². The molecule has 0 aliphatic heterocycles. The summed E-state index contributed by atoms with van der Waals surface area (Å²) in [6.07, 6.45) is 2.29. The predicted molar refractivity (Wildman–Crippen MR) is 83.1 cm³/mol. The lowest BCUT2D eigenvalue weighted by Crippen LogP contribution is -1.99. The monoisotopic (exact) mass is 270 g/mol. The van der Waals surface area contributed by atoms with Crippen molar-refractivity contribution in [3.05, 3.63) is 48.5 Å². The summed E-state index contributed by atoms with van der Waals surface area (Å²) in [4.78, 5) is 0. The van der Waals surface area contributed by atoms with Gasteiger partial charge in [-0.05, 0) is 54.2 Å². The van der Waals surface area contributed by atoms with Crippen molar-refractivity contribution in [2.24, 2.45) is 5.92 Å². The molecule has 0 unspecified atom stereocenters.